The average molecular weight is 454 g/mol. The lowest BCUT2D eigenvalue weighted by Crippen LogP contribution is -2.51. The number of aromatic nitrogens is 2. The van der Waals surface area contributed by atoms with Crippen LogP contribution in [-0.4, -0.2) is 63.7 Å². The number of amides is 1. The van der Waals surface area contributed by atoms with Crippen molar-refractivity contribution in [3.8, 4) is 0 Å². The molecule has 1 aliphatic carbocycles. The van der Waals surface area contributed by atoms with Gasteiger partial charge in [0.1, 0.15) is 22.1 Å². The number of carboxylic acids is 1. The van der Waals surface area contributed by atoms with Crippen LogP contribution in [0, 0.1) is 11.3 Å². The summed E-state index contributed by atoms with van der Waals surface area (Å²) in [6.07, 6.45) is 3.53. The van der Waals surface area contributed by atoms with E-state index < -0.39 is 38.2 Å². The second-order valence-electron chi connectivity index (χ2n) is 9.90. The fourth-order valence-electron chi connectivity index (χ4n) is 4.35. The molecule has 1 aromatic rings. The van der Waals surface area contributed by atoms with Gasteiger partial charge in [-0.15, -0.1) is 0 Å². The van der Waals surface area contributed by atoms with E-state index in [0.717, 1.165) is 6.26 Å². The van der Waals surface area contributed by atoms with Crippen molar-refractivity contribution in [2.75, 3.05) is 12.8 Å². The van der Waals surface area contributed by atoms with Crippen molar-refractivity contribution >= 4 is 34.1 Å². The number of hydrogen-bond donors (Lipinski definition) is 1. The third-order valence-electron chi connectivity index (χ3n) is 5.75. The van der Waals surface area contributed by atoms with Crippen molar-refractivity contribution in [3.05, 3.63) is 16.5 Å². The van der Waals surface area contributed by atoms with E-state index in [-0.39, 0.29) is 12.0 Å². The van der Waals surface area contributed by atoms with Gasteiger partial charge in [0.05, 0.1) is 16.7 Å². The third kappa shape index (κ3) is 4.09. The molecule has 0 bridgehead atoms. The summed E-state index contributed by atoms with van der Waals surface area (Å²) in [5, 5.41) is 9.60. The lowest BCUT2D eigenvalue weighted by atomic mass is 9.83. The van der Waals surface area contributed by atoms with Crippen LogP contribution in [0.3, 0.4) is 0 Å². The van der Waals surface area contributed by atoms with Gasteiger partial charge in [-0.2, -0.15) is 0 Å². The summed E-state index contributed by atoms with van der Waals surface area (Å²) in [6, 6.07) is -0.385. The van der Waals surface area contributed by atoms with Crippen LogP contribution < -0.4 is 10.7 Å². The lowest BCUT2D eigenvalue weighted by Gasteiger charge is -2.39. The van der Waals surface area contributed by atoms with Gasteiger partial charge in [-0.05, 0) is 45.8 Å². The van der Waals surface area contributed by atoms with Crippen LogP contribution in [-0.2, 0) is 25.9 Å². The number of ether oxygens (including phenoxy) is 1. The zero-order valence-electron chi connectivity index (χ0n) is 19.0. The number of fused-ring (bicyclic) bond motifs is 3. The zero-order valence-corrected chi connectivity index (χ0v) is 19.9. The van der Waals surface area contributed by atoms with Gasteiger partial charge in [0.25, 0.3) is 0 Å². The topological polar surface area (TPSA) is 119 Å². The molecule has 0 saturated carbocycles. The maximum atomic E-state index is 12.9. The van der Waals surface area contributed by atoms with Crippen LogP contribution in [0.1, 0.15) is 53.4 Å². The molecular weight excluding hydrogens is 422 g/mol. The minimum atomic E-state index is -3.69. The molecule has 0 saturated heterocycles. The number of carbonyl (C=O) groups excluding carboxylic acids is 1. The van der Waals surface area contributed by atoms with E-state index >= 15 is 0 Å². The summed E-state index contributed by atoms with van der Waals surface area (Å²) in [5.74, 6) is -0.620. The largest absolute Gasteiger partial charge is 0.481 e. The Labute approximate surface area is 182 Å². The number of nitrogens with zero attached hydrogens (tertiary/aromatic N) is 3. The SMILES string of the molecule is CC(C)[C@@H]1c2nc3c(n2CCN1C(=O)OC(C)(C)C)=CC(S(C)(=O)=O)C(C)(C(=O)O)C=3. The maximum Gasteiger partial charge on any atom is 0.410 e. The van der Waals surface area contributed by atoms with E-state index in [4.69, 9.17) is 4.74 Å². The minimum absolute atomic E-state index is 0.00647. The number of imidazole rings is 1. The molecule has 9 nitrogen and oxygen atoms in total. The van der Waals surface area contributed by atoms with Crippen molar-refractivity contribution in [2.24, 2.45) is 11.3 Å². The molecule has 31 heavy (non-hydrogen) atoms. The quantitative estimate of drug-likeness (QED) is 0.722. The van der Waals surface area contributed by atoms with Crippen molar-refractivity contribution < 1.29 is 27.9 Å². The van der Waals surface area contributed by atoms with Crippen LogP contribution in [0.25, 0.3) is 12.2 Å². The van der Waals surface area contributed by atoms with Gasteiger partial charge in [0.2, 0.25) is 0 Å². The summed E-state index contributed by atoms with van der Waals surface area (Å²) in [6.45, 7) is 11.5. The van der Waals surface area contributed by atoms with E-state index in [1.54, 1.807) is 25.7 Å². The van der Waals surface area contributed by atoms with E-state index in [0.29, 0.717) is 29.6 Å². The van der Waals surface area contributed by atoms with Crippen LogP contribution >= 0.6 is 0 Å². The Morgan fingerprint density at radius 3 is 2.39 bits per heavy atom. The maximum absolute atomic E-state index is 12.9. The van der Waals surface area contributed by atoms with Crippen molar-refractivity contribution in [1.82, 2.24) is 14.5 Å². The van der Waals surface area contributed by atoms with E-state index in [1.807, 2.05) is 18.4 Å². The molecule has 0 radical (unpaired) electrons. The number of carboxylic acid groups (broad SMARTS) is 1. The summed E-state index contributed by atoms with van der Waals surface area (Å²) < 4.78 is 32.4. The Morgan fingerprint density at radius 2 is 1.90 bits per heavy atom. The lowest BCUT2D eigenvalue weighted by molar-refractivity contribution is -0.143. The van der Waals surface area contributed by atoms with Gasteiger partial charge in [-0.1, -0.05) is 13.8 Å². The summed E-state index contributed by atoms with van der Waals surface area (Å²) in [7, 11) is -3.69. The number of sulfone groups is 1. The number of hydrogen-bond acceptors (Lipinski definition) is 6. The van der Waals surface area contributed by atoms with Crippen LogP contribution in [0.15, 0.2) is 0 Å². The van der Waals surface area contributed by atoms with E-state index in [2.05, 4.69) is 4.98 Å². The smallest absolute Gasteiger partial charge is 0.410 e. The Hall–Kier alpha value is -2.36. The minimum Gasteiger partial charge on any atom is -0.481 e. The highest BCUT2D eigenvalue weighted by atomic mass is 32.2. The average Bonchev–Trinajstić information content (AvgIpc) is 2.94. The molecular formula is C21H31N3O6S. The number of carbonyl (C=O) groups is 2. The molecule has 0 aromatic carbocycles. The molecule has 1 amide bonds. The Kier molecular flexibility index (Phi) is 5.53. The molecule has 2 aliphatic rings. The standard InChI is InChI=1S/C21H31N3O6S/c1-12(2)16-17-22-13-11-21(6,18(25)26)15(31(7,28)29)10-14(13)23(17)8-9-24(16)19(27)30-20(3,4)5/h10-12,15-16H,8-9H2,1-7H3,(H,25,26)/t15?,16-,21?/m1/s1. The molecule has 3 rings (SSSR count). The van der Waals surface area contributed by atoms with E-state index in [9.17, 15) is 23.1 Å². The van der Waals surface area contributed by atoms with Crippen LogP contribution in [0.2, 0.25) is 0 Å². The van der Waals surface area contributed by atoms with Crippen molar-refractivity contribution in [3.63, 3.8) is 0 Å². The molecule has 1 aliphatic heterocycles. The van der Waals surface area contributed by atoms with Crippen molar-refractivity contribution in [2.45, 2.75) is 65.0 Å². The van der Waals surface area contributed by atoms with Gasteiger partial charge in [-0.25, -0.2) is 18.2 Å². The Bertz CT molecular complexity index is 1140. The van der Waals surface area contributed by atoms with Gasteiger partial charge in [0, 0.05) is 19.3 Å². The normalized spacial score (nSPS) is 25.9. The Morgan fingerprint density at radius 1 is 1.29 bits per heavy atom. The fraction of sp³-hybridized carbons (Fsp3) is 0.667. The summed E-state index contributed by atoms with van der Waals surface area (Å²) in [4.78, 5) is 31.2. The number of rotatable bonds is 3. The molecule has 2 unspecified atom stereocenters. The molecule has 1 aromatic heterocycles. The first-order chi connectivity index (χ1) is 14.1. The molecule has 2 heterocycles. The molecule has 172 valence electrons. The summed E-state index contributed by atoms with van der Waals surface area (Å²) in [5.41, 5.74) is -2.28. The fourth-order valence-corrected chi connectivity index (χ4v) is 5.78. The Balaban J connectivity index is 2.19. The van der Waals surface area contributed by atoms with Gasteiger partial charge in [0.15, 0.2) is 9.84 Å². The second kappa shape index (κ2) is 7.36. The molecule has 3 atom stereocenters. The zero-order chi connectivity index (χ0) is 23.5. The van der Waals surface area contributed by atoms with Gasteiger partial charge < -0.3 is 14.4 Å². The first-order valence-corrected chi connectivity index (χ1v) is 12.2. The molecule has 1 N–H and O–H groups in total. The second-order valence-corrected chi connectivity index (χ2v) is 12.1. The first-order valence-electron chi connectivity index (χ1n) is 10.3. The van der Waals surface area contributed by atoms with Crippen LogP contribution in [0.4, 0.5) is 4.79 Å². The highest BCUT2D eigenvalue weighted by molar-refractivity contribution is 7.91. The monoisotopic (exact) mass is 453 g/mol. The summed E-state index contributed by atoms with van der Waals surface area (Å²) >= 11 is 0. The predicted molar refractivity (Wildman–Crippen MR) is 115 cm³/mol. The van der Waals surface area contributed by atoms with Crippen LogP contribution in [0.5, 0.6) is 0 Å². The third-order valence-corrected chi connectivity index (χ3v) is 7.30. The van der Waals surface area contributed by atoms with E-state index in [1.165, 1.54) is 19.1 Å². The first kappa shape index (κ1) is 23.3. The molecule has 10 heteroatoms. The molecule has 0 fully saturated rings. The van der Waals surface area contributed by atoms with Gasteiger partial charge in [-0.3, -0.25) is 9.69 Å². The van der Waals surface area contributed by atoms with Gasteiger partial charge >= 0.3 is 12.1 Å². The number of aliphatic carboxylic acids is 1. The van der Waals surface area contributed by atoms with Crippen molar-refractivity contribution in [1.29, 1.82) is 0 Å². The molecule has 0 spiro atoms. The predicted octanol–water partition coefficient (Wildman–Crippen LogP) is 0.910. The highest BCUT2D eigenvalue weighted by Gasteiger charge is 2.47. The highest BCUT2D eigenvalue weighted by Crippen LogP contribution is 2.34.